The molecule has 0 radical (unpaired) electrons. The number of halogens is 1. The quantitative estimate of drug-likeness (QED) is 0.805. The highest BCUT2D eigenvalue weighted by Gasteiger charge is 2.13. The topological polar surface area (TPSA) is 75.4 Å². The minimum Gasteiger partial charge on any atom is -0.398 e. The first-order valence-electron chi connectivity index (χ1n) is 5.46. The van der Waals surface area contributed by atoms with Gasteiger partial charge in [0, 0.05) is 32.6 Å². The third kappa shape index (κ3) is 3.63. The molecule has 98 valence electrons. The average Bonchev–Trinajstić information content (AvgIpc) is 2.37. The van der Waals surface area contributed by atoms with Crippen LogP contribution in [0.3, 0.4) is 0 Å². The second kappa shape index (κ2) is 6.26. The van der Waals surface area contributed by atoms with Gasteiger partial charge in [-0.2, -0.15) is 0 Å². The van der Waals surface area contributed by atoms with Crippen molar-refractivity contribution in [2.45, 2.75) is 6.42 Å². The van der Waals surface area contributed by atoms with Gasteiger partial charge in [0.25, 0.3) is 5.91 Å². The number of hydrogen-bond acceptors (Lipinski definition) is 3. The fourth-order valence-corrected chi connectivity index (χ4v) is 1.51. The fourth-order valence-electron chi connectivity index (χ4n) is 1.39. The maximum atomic E-state index is 12.0. The number of nitrogens with two attached hydrogens (primary N) is 1. The minimum absolute atomic E-state index is 0.106. The Bertz CT molecular complexity index is 463. The molecule has 2 amide bonds. The van der Waals surface area contributed by atoms with E-state index in [0.717, 1.165) is 0 Å². The lowest BCUT2D eigenvalue weighted by molar-refractivity contribution is -0.120. The summed E-state index contributed by atoms with van der Waals surface area (Å²) in [5.41, 5.74) is 6.45. The summed E-state index contributed by atoms with van der Waals surface area (Å²) < 4.78 is 0. The third-order valence-electron chi connectivity index (χ3n) is 2.54. The molecule has 0 spiro atoms. The van der Waals surface area contributed by atoms with Crippen molar-refractivity contribution in [1.29, 1.82) is 0 Å². The van der Waals surface area contributed by atoms with Gasteiger partial charge in [0.2, 0.25) is 5.91 Å². The largest absolute Gasteiger partial charge is 0.398 e. The predicted octanol–water partition coefficient (Wildman–Crippen LogP) is 1.13. The van der Waals surface area contributed by atoms with E-state index in [2.05, 4.69) is 5.32 Å². The maximum Gasteiger partial charge on any atom is 0.253 e. The lowest BCUT2D eigenvalue weighted by Crippen LogP contribution is -2.31. The number of nitrogens with one attached hydrogen (secondary N) is 1. The Kier molecular flexibility index (Phi) is 4.97. The Hall–Kier alpha value is -1.75. The molecular formula is C12H16ClN3O2. The van der Waals surface area contributed by atoms with Gasteiger partial charge in [-0.3, -0.25) is 9.59 Å². The van der Waals surface area contributed by atoms with E-state index in [0.29, 0.717) is 22.8 Å². The van der Waals surface area contributed by atoms with Gasteiger partial charge in [0.15, 0.2) is 0 Å². The number of rotatable bonds is 4. The van der Waals surface area contributed by atoms with Gasteiger partial charge in [-0.1, -0.05) is 11.6 Å². The predicted molar refractivity (Wildman–Crippen MR) is 71.5 cm³/mol. The summed E-state index contributed by atoms with van der Waals surface area (Å²) in [5, 5.41) is 2.92. The summed E-state index contributed by atoms with van der Waals surface area (Å²) >= 11 is 5.78. The van der Waals surface area contributed by atoms with Gasteiger partial charge < -0.3 is 16.0 Å². The van der Waals surface area contributed by atoms with Gasteiger partial charge in [-0.15, -0.1) is 0 Å². The minimum atomic E-state index is -0.192. The maximum absolute atomic E-state index is 12.0. The van der Waals surface area contributed by atoms with Crippen molar-refractivity contribution >= 4 is 29.1 Å². The van der Waals surface area contributed by atoms with Crippen LogP contribution in [0, 0.1) is 0 Å². The first kappa shape index (κ1) is 14.3. The van der Waals surface area contributed by atoms with E-state index in [4.69, 9.17) is 17.3 Å². The van der Waals surface area contributed by atoms with Gasteiger partial charge in [0.05, 0.1) is 10.7 Å². The van der Waals surface area contributed by atoms with Crippen molar-refractivity contribution < 1.29 is 9.59 Å². The number of hydrogen-bond donors (Lipinski definition) is 2. The summed E-state index contributed by atoms with van der Waals surface area (Å²) in [6.07, 6.45) is 0.266. The second-order valence-corrected chi connectivity index (χ2v) is 4.29. The van der Waals surface area contributed by atoms with Crippen molar-refractivity contribution in [3.63, 3.8) is 0 Å². The molecule has 3 N–H and O–H groups in total. The van der Waals surface area contributed by atoms with Crippen LogP contribution in [-0.2, 0) is 4.79 Å². The molecule has 0 unspecified atom stereocenters. The van der Waals surface area contributed by atoms with Crippen LogP contribution in [0.5, 0.6) is 0 Å². The second-order valence-electron chi connectivity index (χ2n) is 3.89. The number of nitrogens with zero attached hydrogens (tertiary/aromatic N) is 1. The van der Waals surface area contributed by atoms with Crippen LogP contribution in [0.4, 0.5) is 5.69 Å². The zero-order valence-electron chi connectivity index (χ0n) is 10.4. The van der Waals surface area contributed by atoms with Gasteiger partial charge in [-0.25, -0.2) is 0 Å². The van der Waals surface area contributed by atoms with Crippen LogP contribution in [-0.4, -0.2) is 37.4 Å². The van der Waals surface area contributed by atoms with E-state index < -0.39 is 0 Å². The molecule has 0 bridgehead atoms. The lowest BCUT2D eigenvalue weighted by Gasteiger charge is -2.17. The molecule has 6 heteroatoms. The standard InChI is InChI=1S/C12H16ClN3O2/c1-15-11(17)5-6-16(2)12(18)8-3-4-9(13)10(14)7-8/h3-4,7H,5-6,14H2,1-2H3,(H,15,17). The molecule has 0 atom stereocenters. The number of nitrogen functional groups attached to an aromatic ring is 1. The average molecular weight is 270 g/mol. The smallest absolute Gasteiger partial charge is 0.253 e. The van der Waals surface area contributed by atoms with Crippen LogP contribution in [0.25, 0.3) is 0 Å². The van der Waals surface area contributed by atoms with Crippen LogP contribution >= 0.6 is 11.6 Å². The Morgan fingerprint density at radius 1 is 1.44 bits per heavy atom. The normalized spacial score (nSPS) is 9.94. The van der Waals surface area contributed by atoms with E-state index >= 15 is 0 Å². The number of carbonyl (C=O) groups excluding carboxylic acids is 2. The van der Waals surface area contributed by atoms with E-state index in [9.17, 15) is 9.59 Å². The van der Waals surface area contributed by atoms with Gasteiger partial charge in [0.1, 0.15) is 0 Å². The molecule has 1 aromatic carbocycles. The SMILES string of the molecule is CNC(=O)CCN(C)C(=O)c1ccc(Cl)c(N)c1. The van der Waals surface area contributed by atoms with E-state index in [-0.39, 0.29) is 18.2 Å². The van der Waals surface area contributed by atoms with Crippen molar-refractivity contribution in [1.82, 2.24) is 10.2 Å². The molecule has 1 rings (SSSR count). The first-order chi connectivity index (χ1) is 8.45. The summed E-state index contributed by atoms with van der Waals surface area (Å²) in [7, 11) is 3.19. The highest BCUT2D eigenvalue weighted by atomic mass is 35.5. The molecule has 0 aliphatic heterocycles. The number of carbonyl (C=O) groups is 2. The molecular weight excluding hydrogens is 254 g/mol. The Morgan fingerprint density at radius 3 is 2.67 bits per heavy atom. The fraction of sp³-hybridized carbons (Fsp3) is 0.333. The molecule has 0 saturated heterocycles. The Morgan fingerprint density at radius 2 is 2.11 bits per heavy atom. The molecule has 0 aliphatic rings. The molecule has 0 heterocycles. The van der Waals surface area contributed by atoms with Crippen molar-refractivity contribution in [3.8, 4) is 0 Å². The molecule has 5 nitrogen and oxygen atoms in total. The molecule has 0 aromatic heterocycles. The van der Waals surface area contributed by atoms with Crippen molar-refractivity contribution in [2.75, 3.05) is 26.4 Å². The highest BCUT2D eigenvalue weighted by molar-refractivity contribution is 6.33. The zero-order chi connectivity index (χ0) is 13.7. The summed E-state index contributed by atoms with van der Waals surface area (Å²) in [4.78, 5) is 24.6. The van der Waals surface area contributed by atoms with Crippen molar-refractivity contribution in [2.24, 2.45) is 0 Å². The van der Waals surface area contributed by atoms with E-state index in [1.165, 1.54) is 11.0 Å². The zero-order valence-corrected chi connectivity index (χ0v) is 11.1. The summed E-state index contributed by atoms with van der Waals surface area (Å²) in [5.74, 6) is -0.299. The lowest BCUT2D eigenvalue weighted by atomic mass is 10.1. The van der Waals surface area contributed by atoms with Crippen LogP contribution in [0.2, 0.25) is 5.02 Å². The third-order valence-corrected chi connectivity index (χ3v) is 2.89. The van der Waals surface area contributed by atoms with Crippen LogP contribution in [0.15, 0.2) is 18.2 Å². The summed E-state index contributed by atoms with van der Waals surface area (Å²) in [6.45, 7) is 0.348. The van der Waals surface area contributed by atoms with E-state index in [1.54, 1.807) is 26.2 Å². The summed E-state index contributed by atoms with van der Waals surface area (Å²) in [6, 6.07) is 4.72. The molecule has 0 fully saturated rings. The monoisotopic (exact) mass is 269 g/mol. The van der Waals surface area contributed by atoms with Crippen LogP contribution in [0.1, 0.15) is 16.8 Å². The van der Waals surface area contributed by atoms with E-state index in [1.807, 2.05) is 0 Å². The number of benzene rings is 1. The highest BCUT2D eigenvalue weighted by Crippen LogP contribution is 2.20. The van der Waals surface area contributed by atoms with Gasteiger partial charge >= 0.3 is 0 Å². The molecule has 18 heavy (non-hydrogen) atoms. The Balaban J connectivity index is 2.68. The molecule has 0 saturated carbocycles. The Labute approximate surface area is 111 Å². The number of amides is 2. The van der Waals surface area contributed by atoms with Crippen molar-refractivity contribution in [3.05, 3.63) is 28.8 Å². The molecule has 1 aromatic rings. The first-order valence-corrected chi connectivity index (χ1v) is 5.84. The molecule has 0 aliphatic carbocycles. The van der Waals surface area contributed by atoms with Gasteiger partial charge in [-0.05, 0) is 18.2 Å². The van der Waals surface area contributed by atoms with Crippen LogP contribution < -0.4 is 11.1 Å². The number of anilines is 1.